The molecule has 2 rings (SSSR count). The second-order valence-corrected chi connectivity index (χ2v) is 6.86. The lowest BCUT2D eigenvalue weighted by atomic mass is 10.1. The van der Waals surface area contributed by atoms with Gasteiger partial charge in [0.2, 0.25) is 5.91 Å². The number of hydrogen-bond donors (Lipinski definition) is 3. The van der Waals surface area contributed by atoms with Gasteiger partial charge >= 0.3 is 12.6 Å². The first-order chi connectivity index (χ1) is 14.9. The summed E-state index contributed by atoms with van der Waals surface area (Å²) in [5.41, 5.74) is 1.58. The fourth-order valence-corrected chi connectivity index (χ4v) is 2.84. The second kappa shape index (κ2) is 12.5. The first-order valence-electron chi connectivity index (χ1n) is 9.97. The fraction of sp³-hybridized carbons (Fsp3) is 0.364. The van der Waals surface area contributed by atoms with Crippen molar-refractivity contribution in [1.29, 1.82) is 0 Å². The summed E-state index contributed by atoms with van der Waals surface area (Å²) in [7, 11) is 0. The summed E-state index contributed by atoms with van der Waals surface area (Å²) >= 11 is 0. The zero-order valence-corrected chi connectivity index (χ0v) is 17.2. The van der Waals surface area contributed by atoms with Crippen LogP contribution in [0.15, 0.2) is 48.5 Å². The number of halogens is 3. The first kappa shape index (κ1) is 24.0. The van der Waals surface area contributed by atoms with Gasteiger partial charge in [0.05, 0.1) is 0 Å². The number of amides is 3. The summed E-state index contributed by atoms with van der Waals surface area (Å²) < 4.78 is 41.6. The molecule has 2 aromatic carbocycles. The quantitative estimate of drug-likeness (QED) is 0.501. The van der Waals surface area contributed by atoms with Crippen LogP contribution in [0, 0.1) is 5.82 Å². The molecule has 0 radical (unpaired) electrons. The summed E-state index contributed by atoms with van der Waals surface area (Å²) in [4.78, 5) is 24.6. The van der Waals surface area contributed by atoms with Crippen LogP contribution >= 0.6 is 0 Å². The van der Waals surface area contributed by atoms with Crippen LogP contribution in [0.4, 0.5) is 18.0 Å². The molecule has 0 saturated heterocycles. The standard InChI is InChI=1S/C22H26F3N3O3/c1-2-3-19(28-22(30)27-14-16-4-8-17(23)9-5-16)20(29)26-13-12-15-6-10-18(11-7-15)31-21(24)25/h4-11,19,21H,2-3,12-14H2,1H3,(H,26,29)(H2,27,28,30). The third kappa shape index (κ3) is 8.98. The molecule has 31 heavy (non-hydrogen) atoms. The molecule has 3 N–H and O–H groups in total. The molecule has 1 unspecified atom stereocenters. The molecule has 3 amide bonds. The molecule has 0 aliphatic heterocycles. The molecule has 0 aromatic heterocycles. The lowest BCUT2D eigenvalue weighted by molar-refractivity contribution is -0.123. The number of rotatable bonds is 11. The highest BCUT2D eigenvalue weighted by atomic mass is 19.3. The molecule has 168 valence electrons. The van der Waals surface area contributed by atoms with Crippen molar-refractivity contribution < 1.29 is 27.5 Å². The Kier molecular flexibility index (Phi) is 9.67. The maximum absolute atomic E-state index is 12.9. The van der Waals surface area contributed by atoms with Gasteiger partial charge in [0.1, 0.15) is 17.6 Å². The predicted molar refractivity (Wildman–Crippen MR) is 110 cm³/mol. The van der Waals surface area contributed by atoms with Crippen molar-refractivity contribution in [2.75, 3.05) is 6.54 Å². The van der Waals surface area contributed by atoms with E-state index in [0.717, 1.165) is 11.1 Å². The van der Waals surface area contributed by atoms with E-state index in [1.54, 1.807) is 24.3 Å². The zero-order chi connectivity index (χ0) is 22.6. The van der Waals surface area contributed by atoms with Crippen LogP contribution in [0.3, 0.4) is 0 Å². The van der Waals surface area contributed by atoms with Gasteiger partial charge in [0, 0.05) is 13.1 Å². The van der Waals surface area contributed by atoms with Gasteiger partial charge in [-0.05, 0) is 48.2 Å². The summed E-state index contributed by atoms with van der Waals surface area (Å²) in [6, 6.07) is 10.7. The van der Waals surface area contributed by atoms with E-state index in [4.69, 9.17) is 0 Å². The second-order valence-electron chi connectivity index (χ2n) is 6.86. The molecule has 6 nitrogen and oxygen atoms in total. The molecule has 2 aromatic rings. The van der Waals surface area contributed by atoms with Crippen LogP contribution in [-0.4, -0.2) is 31.1 Å². The Morgan fingerprint density at radius 1 is 0.968 bits per heavy atom. The molecule has 0 saturated carbocycles. The van der Waals surface area contributed by atoms with E-state index in [1.807, 2.05) is 6.92 Å². The summed E-state index contributed by atoms with van der Waals surface area (Å²) in [6.07, 6.45) is 1.66. The Morgan fingerprint density at radius 3 is 2.23 bits per heavy atom. The molecule has 0 aliphatic rings. The van der Waals surface area contributed by atoms with Crippen LogP contribution < -0.4 is 20.7 Å². The summed E-state index contributed by atoms with van der Waals surface area (Å²) in [6.45, 7) is -0.437. The Hall–Kier alpha value is -3.23. The van der Waals surface area contributed by atoms with Crippen LogP contribution in [0.1, 0.15) is 30.9 Å². The van der Waals surface area contributed by atoms with Crippen molar-refractivity contribution in [2.24, 2.45) is 0 Å². The van der Waals surface area contributed by atoms with Gasteiger partial charge in [-0.1, -0.05) is 37.6 Å². The summed E-state index contributed by atoms with van der Waals surface area (Å²) in [5, 5.41) is 8.07. The molecular formula is C22H26F3N3O3. The third-order valence-electron chi connectivity index (χ3n) is 4.43. The molecule has 0 bridgehead atoms. The van der Waals surface area contributed by atoms with E-state index in [2.05, 4.69) is 20.7 Å². The van der Waals surface area contributed by atoms with Gasteiger partial charge in [-0.2, -0.15) is 8.78 Å². The van der Waals surface area contributed by atoms with E-state index in [0.29, 0.717) is 25.8 Å². The lowest BCUT2D eigenvalue weighted by Crippen LogP contribution is -2.50. The number of carbonyl (C=O) groups excluding carboxylic acids is 2. The number of urea groups is 1. The van der Waals surface area contributed by atoms with Crippen LogP contribution in [0.2, 0.25) is 0 Å². The molecule has 0 fully saturated rings. The highest BCUT2D eigenvalue weighted by Crippen LogP contribution is 2.15. The van der Waals surface area contributed by atoms with Gasteiger partial charge in [-0.3, -0.25) is 4.79 Å². The molecule has 1 atom stereocenters. The van der Waals surface area contributed by atoms with Gasteiger partial charge in [0.25, 0.3) is 0 Å². The number of hydrogen-bond acceptors (Lipinski definition) is 3. The number of benzene rings is 2. The predicted octanol–water partition coefficient (Wildman–Crippen LogP) is 3.75. The van der Waals surface area contributed by atoms with Gasteiger partial charge in [-0.25, -0.2) is 9.18 Å². The minimum Gasteiger partial charge on any atom is -0.435 e. The number of alkyl halides is 2. The van der Waals surface area contributed by atoms with Gasteiger partial charge < -0.3 is 20.7 Å². The van der Waals surface area contributed by atoms with Crippen LogP contribution in [-0.2, 0) is 17.8 Å². The topological polar surface area (TPSA) is 79.5 Å². The van der Waals surface area contributed by atoms with Crippen molar-refractivity contribution >= 4 is 11.9 Å². The maximum atomic E-state index is 12.9. The average Bonchev–Trinajstić information content (AvgIpc) is 2.74. The maximum Gasteiger partial charge on any atom is 0.387 e. The van der Waals surface area contributed by atoms with Crippen molar-refractivity contribution in [1.82, 2.24) is 16.0 Å². The van der Waals surface area contributed by atoms with Crippen LogP contribution in [0.25, 0.3) is 0 Å². The zero-order valence-electron chi connectivity index (χ0n) is 17.2. The average molecular weight is 437 g/mol. The Morgan fingerprint density at radius 2 is 1.61 bits per heavy atom. The Bertz CT molecular complexity index is 830. The van der Waals surface area contributed by atoms with Crippen molar-refractivity contribution in [2.45, 2.75) is 45.4 Å². The van der Waals surface area contributed by atoms with Gasteiger partial charge in [0.15, 0.2) is 0 Å². The lowest BCUT2D eigenvalue weighted by Gasteiger charge is -2.18. The van der Waals surface area contributed by atoms with Crippen molar-refractivity contribution in [3.63, 3.8) is 0 Å². The number of carbonyl (C=O) groups is 2. The highest BCUT2D eigenvalue weighted by molar-refractivity contribution is 5.86. The van der Waals surface area contributed by atoms with E-state index in [9.17, 15) is 22.8 Å². The van der Waals surface area contributed by atoms with E-state index < -0.39 is 18.7 Å². The highest BCUT2D eigenvalue weighted by Gasteiger charge is 2.19. The molecule has 9 heteroatoms. The first-order valence-corrected chi connectivity index (χ1v) is 9.97. The minimum atomic E-state index is -2.87. The van der Waals surface area contributed by atoms with E-state index in [-0.39, 0.29) is 24.0 Å². The van der Waals surface area contributed by atoms with E-state index in [1.165, 1.54) is 24.3 Å². The van der Waals surface area contributed by atoms with E-state index >= 15 is 0 Å². The monoisotopic (exact) mass is 437 g/mol. The minimum absolute atomic E-state index is 0.0710. The molecule has 0 aliphatic carbocycles. The number of nitrogens with one attached hydrogen (secondary N) is 3. The largest absolute Gasteiger partial charge is 0.435 e. The number of ether oxygens (including phenoxy) is 1. The van der Waals surface area contributed by atoms with Crippen LogP contribution in [0.5, 0.6) is 5.75 Å². The van der Waals surface area contributed by atoms with Gasteiger partial charge in [-0.15, -0.1) is 0 Å². The Balaban J connectivity index is 1.77. The third-order valence-corrected chi connectivity index (χ3v) is 4.43. The SMILES string of the molecule is CCCC(NC(=O)NCc1ccc(F)cc1)C(=O)NCCc1ccc(OC(F)F)cc1. The molecular weight excluding hydrogens is 411 g/mol. The fourth-order valence-electron chi connectivity index (χ4n) is 2.84. The van der Waals surface area contributed by atoms with Crippen molar-refractivity contribution in [3.8, 4) is 5.75 Å². The normalized spacial score (nSPS) is 11.6. The Labute approximate surface area is 179 Å². The van der Waals surface area contributed by atoms with Crippen molar-refractivity contribution in [3.05, 3.63) is 65.5 Å². The molecule has 0 heterocycles. The molecule has 0 spiro atoms. The summed E-state index contributed by atoms with van der Waals surface area (Å²) in [5.74, 6) is -0.594. The smallest absolute Gasteiger partial charge is 0.387 e.